The molecule has 88 valence electrons. The second kappa shape index (κ2) is 4.86. The van der Waals surface area contributed by atoms with Crippen molar-refractivity contribution >= 4 is 15.9 Å². The molecule has 0 heterocycles. The van der Waals surface area contributed by atoms with Crippen LogP contribution >= 0.6 is 15.9 Å². The van der Waals surface area contributed by atoms with E-state index in [4.69, 9.17) is 4.74 Å². The predicted octanol–water partition coefficient (Wildman–Crippen LogP) is 3.44. The number of hydrogen-bond acceptors (Lipinski definition) is 2. The molecule has 2 nitrogen and oxygen atoms in total. The topological polar surface area (TPSA) is 29.5 Å². The smallest absolute Gasteiger partial charge is 0.0817 e. The van der Waals surface area contributed by atoms with Crippen molar-refractivity contribution in [1.82, 2.24) is 0 Å². The second-order valence-corrected chi connectivity index (χ2v) is 5.43. The van der Waals surface area contributed by atoms with Gasteiger partial charge in [-0.2, -0.15) is 0 Å². The molecule has 0 aliphatic heterocycles. The molecule has 0 radical (unpaired) electrons. The third kappa shape index (κ3) is 2.47. The van der Waals surface area contributed by atoms with Crippen molar-refractivity contribution in [3.8, 4) is 0 Å². The number of methoxy groups -OCH3 is 1. The van der Waals surface area contributed by atoms with E-state index in [0.717, 1.165) is 22.9 Å². The van der Waals surface area contributed by atoms with Gasteiger partial charge in [-0.3, -0.25) is 0 Å². The van der Waals surface area contributed by atoms with E-state index in [1.54, 1.807) is 7.11 Å². The Bertz CT molecular complexity index is 338. The third-order valence-electron chi connectivity index (χ3n) is 3.52. The average Bonchev–Trinajstić information content (AvgIpc) is 2.24. The standard InChI is InChI=1S/C13H17BrO2/c1-16-13(7-2-8-13)9-12(15)10-3-5-11(14)6-4-10/h3-6,12,15H,2,7-9H2,1H3. The molecule has 0 bridgehead atoms. The highest BCUT2D eigenvalue weighted by atomic mass is 79.9. The Hall–Kier alpha value is -0.380. The first kappa shape index (κ1) is 12.1. The number of hydrogen-bond donors (Lipinski definition) is 1. The molecule has 1 fully saturated rings. The highest BCUT2D eigenvalue weighted by molar-refractivity contribution is 9.10. The van der Waals surface area contributed by atoms with Gasteiger partial charge in [-0.1, -0.05) is 28.1 Å². The average molecular weight is 285 g/mol. The molecule has 0 amide bonds. The fraction of sp³-hybridized carbons (Fsp3) is 0.538. The van der Waals surface area contributed by atoms with Crippen LogP contribution in [0.5, 0.6) is 0 Å². The van der Waals surface area contributed by atoms with Crippen molar-refractivity contribution in [2.75, 3.05) is 7.11 Å². The molecular weight excluding hydrogens is 268 g/mol. The van der Waals surface area contributed by atoms with Crippen LogP contribution < -0.4 is 0 Å². The number of aliphatic hydroxyl groups is 1. The summed E-state index contributed by atoms with van der Waals surface area (Å²) >= 11 is 3.39. The Morgan fingerprint density at radius 2 is 2.00 bits per heavy atom. The van der Waals surface area contributed by atoms with Crippen LogP contribution in [0.25, 0.3) is 0 Å². The van der Waals surface area contributed by atoms with Crippen molar-refractivity contribution in [3.05, 3.63) is 34.3 Å². The summed E-state index contributed by atoms with van der Waals surface area (Å²) in [5.74, 6) is 0. The van der Waals surface area contributed by atoms with Crippen molar-refractivity contribution in [2.24, 2.45) is 0 Å². The summed E-state index contributed by atoms with van der Waals surface area (Å²) in [6.45, 7) is 0. The number of benzene rings is 1. The van der Waals surface area contributed by atoms with Gasteiger partial charge < -0.3 is 9.84 Å². The first-order valence-electron chi connectivity index (χ1n) is 5.64. The van der Waals surface area contributed by atoms with Crippen molar-refractivity contribution in [1.29, 1.82) is 0 Å². The van der Waals surface area contributed by atoms with Gasteiger partial charge in [0.25, 0.3) is 0 Å². The molecule has 0 spiro atoms. The zero-order chi connectivity index (χ0) is 11.6. The maximum Gasteiger partial charge on any atom is 0.0817 e. The van der Waals surface area contributed by atoms with E-state index in [2.05, 4.69) is 15.9 Å². The third-order valence-corrected chi connectivity index (χ3v) is 4.05. The minimum atomic E-state index is -0.423. The number of rotatable bonds is 4. The van der Waals surface area contributed by atoms with E-state index >= 15 is 0 Å². The Labute approximate surface area is 105 Å². The number of halogens is 1. The molecule has 1 atom stereocenters. The summed E-state index contributed by atoms with van der Waals surface area (Å²) in [5.41, 5.74) is 0.887. The van der Waals surface area contributed by atoms with Crippen LogP contribution in [0.3, 0.4) is 0 Å². The van der Waals surface area contributed by atoms with Gasteiger partial charge in [0.15, 0.2) is 0 Å². The molecule has 0 aromatic heterocycles. The molecule has 1 N–H and O–H groups in total. The number of ether oxygens (including phenoxy) is 1. The van der Waals surface area contributed by atoms with Crippen LogP contribution in [0.2, 0.25) is 0 Å². The molecule has 1 aliphatic rings. The summed E-state index contributed by atoms with van der Waals surface area (Å²) in [4.78, 5) is 0. The minimum Gasteiger partial charge on any atom is -0.388 e. The zero-order valence-corrected chi connectivity index (χ0v) is 11.0. The Balaban J connectivity index is 2.02. The van der Waals surface area contributed by atoms with Crippen molar-refractivity contribution in [3.63, 3.8) is 0 Å². The molecule has 1 aliphatic carbocycles. The lowest BCUT2D eigenvalue weighted by Crippen LogP contribution is -2.40. The lowest BCUT2D eigenvalue weighted by molar-refractivity contribution is -0.0999. The van der Waals surface area contributed by atoms with Gasteiger partial charge in [-0.15, -0.1) is 0 Å². The SMILES string of the molecule is COC1(CC(O)c2ccc(Br)cc2)CCC1. The van der Waals surface area contributed by atoms with E-state index in [0.29, 0.717) is 6.42 Å². The minimum absolute atomic E-state index is 0.0769. The molecule has 1 unspecified atom stereocenters. The molecule has 0 saturated heterocycles. The molecule has 2 rings (SSSR count). The summed E-state index contributed by atoms with van der Waals surface area (Å²) in [5, 5.41) is 10.1. The van der Waals surface area contributed by atoms with Gasteiger partial charge in [-0.05, 0) is 37.0 Å². The van der Waals surface area contributed by atoms with E-state index in [1.165, 1.54) is 6.42 Å². The normalized spacial score (nSPS) is 20.2. The zero-order valence-electron chi connectivity index (χ0n) is 9.45. The summed E-state index contributed by atoms with van der Waals surface area (Å²) in [6.07, 6.45) is 3.62. The van der Waals surface area contributed by atoms with Gasteiger partial charge in [0.2, 0.25) is 0 Å². The molecule has 3 heteroatoms. The Kier molecular flexibility index (Phi) is 3.67. The predicted molar refractivity (Wildman–Crippen MR) is 67.3 cm³/mol. The van der Waals surface area contributed by atoms with Crippen molar-refractivity contribution in [2.45, 2.75) is 37.4 Å². The molecule has 1 saturated carbocycles. The van der Waals surface area contributed by atoms with Gasteiger partial charge in [0.1, 0.15) is 0 Å². The largest absolute Gasteiger partial charge is 0.388 e. The van der Waals surface area contributed by atoms with E-state index < -0.39 is 6.10 Å². The van der Waals surface area contributed by atoms with Gasteiger partial charge in [0, 0.05) is 18.0 Å². The van der Waals surface area contributed by atoms with E-state index in [1.807, 2.05) is 24.3 Å². The van der Waals surface area contributed by atoms with E-state index in [9.17, 15) is 5.11 Å². The highest BCUT2D eigenvalue weighted by Gasteiger charge is 2.38. The summed E-state index contributed by atoms with van der Waals surface area (Å²) in [6, 6.07) is 7.82. The van der Waals surface area contributed by atoms with Crippen LogP contribution in [-0.2, 0) is 4.74 Å². The van der Waals surface area contributed by atoms with Crippen LogP contribution in [0.4, 0.5) is 0 Å². The van der Waals surface area contributed by atoms with Gasteiger partial charge >= 0.3 is 0 Å². The van der Waals surface area contributed by atoms with Crippen LogP contribution in [0, 0.1) is 0 Å². The molecule has 1 aromatic rings. The second-order valence-electron chi connectivity index (χ2n) is 4.51. The summed E-state index contributed by atoms with van der Waals surface area (Å²) in [7, 11) is 1.74. The maximum atomic E-state index is 10.1. The van der Waals surface area contributed by atoms with Crippen molar-refractivity contribution < 1.29 is 9.84 Å². The Morgan fingerprint density at radius 3 is 2.44 bits per heavy atom. The first-order chi connectivity index (χ1) is 7.65. The lowest BCUT2D eigenvalue weighted by Gasteiger charge is -2.41. The Morgan fingerprint density at radius 1 is 1.38 bits per heavy atom. The monoisotopic (exact) mass is 284 g/mol. The van der Waals surface area contributed by atoms with Crippen LogP contribution in [0.1, 0.15) is 37.4 Å². The van der Waals surface area contributed by atoms with Gasteiger partial charge in [-0.25, -0.2) is 0 Å². The van der Waals surface area contributed by atoms with E-state index in [-0.39, 0.29) is 5.60 Å². The summed E-state index contributed by atoms with van der Waals surface area (Å²) < 4.78 is 6.56. The quantitative estimate of drug-likeness (QED) is 0.918. The van der Waals surface area contributed by atoms with Crippen LogP contribution in [-0.4, -0.2) is 17.8 Å². The molecule has 16 heavy (non-hydrogen) atoms. The van der Waals surface area contributed by atoms with Gasteiger partial charge in [0.05, 0.1) is 11.7 Å². The highest BCUT2D eigenvalue weighted by Crippen LogP contribution is 2.41. The van der Waals surface area contributed by atoms with Crippen LogP contribution in [0.15, 0.2) is 28.7 Å². The maximum absolute atomic E-state index is 10.1. The number of aliphatic hydroxyl groups excluding tert-OH is 1. The molecular formula is C13H17BrO2. The fourth-order valence-corrected chi connectivity index (χ4v) is 2.48. The first-order valence-corrected chi connectivity index (χ1v) is 6.43. The lowest BCUT2D eigenvalue weighted by atomic mass is 9.75. The molecule has 1 aromatic carbocycles. The fourth-order valence-electron chi connectivity index (χ4n) is 2.22.